The molecule has 0 amide bonds. The van der Waals surface area contributed by atoms with Gasteiger partial charge in [0, 0.05) is 6.42 Å². The maximum Gasteiger partial charge on any atom is 0.160 e. The monoisotopic (exact) mass is 274 g/mol. The summed E-state index contributed by atoms with van der Waals surface area (Å²) in [5, 5.41) is 9.63. The topological polar surface area (TPSA) is 46.5 Å². The number of carbonyl (C=O) groups is 1. The molecule has 20 heavy (non-hydrogen) atoms. The largest absolute Gasteiger partial charge is 0.504 e. The summed E-state index contributed by atoms with van der Waals surface area (Å²) in [6.07, 6.45) is 10.7. The summed E-state index contributed by atoms with van der Waals surface area (Å²) in [6, 6.07) is 5.16. The molecule has 0 saturated carbocycles. The molecule has 1 aromatic carbocycles. The lowest BCUT2D eigenvalue weighted by atomic mass is 10.1. The summed E-state index contributed by atoms with van der Waals surface area (Å²) in [6.45, 7) is 2.12. The number of phenols is 1. The Balaban J connectivity index is 2.48. The Morgan fingerprint density at radius 3 is 2.75 bits per heavy atom. The van der Waals surface area contributed by atoms with Crippen LogP contribution in [0.4, 0.5) is 0 Å². The third kappa shape index (κ3) is 5.74. The molecule has 0 radical (unpaired) electrons. The lowest BCUT2D eigenvalue weighted by molar-refractivity contribution is -0.114. The molecule has 0 aliphatic heterocycles. The minimum atomic E-state index is 0.106. The number of ketones is 1. The fraction of sp³-hybridized carbons (Fsp3) is 0.353. The van der Waals surface area contributed by atoms with E-state index in [1.54, 1.807) is 30.4 Å². The van der Waals surface area contributed by atoms with E-state index in [4.69, 9.17) is 4.74 Å². The van der Waals surface area contributed by atoms with E-state index < -0.39 is 0 Å². The zero-order valence-corrected chi connectivity index (χ0v) is 12.1. The average molecular weight is 274 g/mol. The second-order valence-corrected chi connectivity index (χ2v) is 4.57. The molecule has 108 valence electrons. The standard InChI is InChI=1S/C17H22O3/c1-3-4-5-9-15(18)10-7-6-8-14-11-12-17(20-2)16(19)13-14/h6-8,10-13,19H,3-5,9H2,1-2H3/b8-6+,10-7+. The molecule has 0 spiro atoms. The first kappa shape index (κ1) is 16.0. The van der Waals surface area contributed by atoms with Gasteiger partial charge in [0.25, 0.3) is 0 Å². The SMILES string of the molecule is CCCCCC(=O)/C=C/C=C/c1ccc(OC)c(O)c1. The number of benzene rings is 1. The summed E-state index contributed by atoms with van der Waals surface area (Å²) in [5.41, 5.74) is 0.853. The van der Waals surface area contributed by atoms with Crippen LogP contribution < -0.4 is 4.74 Å². The number of methoxy groups -OCH3 is 1. The Kier molecular flexibility index (Phi) is 7.18. The first-order valence-corrected chi connectivity index (χ1v) is 6.92. The highest BCUT2D eigenvalue weighted by Gasteiger charge is 1.99. The molecule has 0 fully saturated rings. The van der Waals surface area contributed by atoms with Crippen molar-refractivity contribution in [3.8, 4) is 11.5 Å². The van der Waals surface area contributed by atoms with E-state index in [-0.39, 0.29) is 11.5 Å². The highest BCUT2D eigenvalue weighted by molar-refractivity contribution is 5.89. The Morgan fingerprint density at radius 2 is 2.10 bits per heavy atom. The van der Waals surface area contributed by atoms with Gasteiger partial charge in [0.2, 0.25) is 0 Å². The van der Waals surface area contributed by atoms with E-state index in [0.717, 1.165) is 24.8 Å². The molecule has 0 aromatic heterocycles. The van der Waals surface area contributed by atoms with Crippen molar-refractivity contribution in [3.63, 3.8) is 0 Å². The van der Waals surface area contributed by atoms with Gasteiger partial charge >= 0.3 is 0 Å². The predicted molar refractivity (Wildman–Crippen MR) is 82.0 cm³/mol. The van der Waals surface area contributed by atoms with Crippen LogP contribution in [-0.2, 0) is 4.79 Å². The summed E-state index contributed by atoms with van der Waals surface area (Å²) >= 11 is 0. The summed E-state index contributed by atoms with van der Waals surface area (Å²) in [4.78, 5) is 11.5. The van der Waals surface area contributed by atoms with E-state index in [1.807, 2.05) is 12.1 Å². The second-order valence-electron chi connectivity index (χ2n) is 4.57. The molecule has 1 aromatic rings. The van der Waals surface area contributed by atoms with Gasteiger partial charge in [-0.1, -0.05) is 44.1 Å². The maximum atomic E-state index is 11.5. The van der Waals surface area contributed by atoms with E-state index >= 15 is 0 Å². The quantitative estimate of drug-likeness (QED) is 0.440. The van der Waals surface area contributed by atoms with Gasteiger partial charge in [0.15, 0.2) is 17.3 Å². The minimum Gasteiger partial charge on any atom is -0.504 e. The molecule has 0 bridgehead atoms. The molecular formula is C17H22O3. The Morgan fingerprint density at radius 1 is 1.30 bits per heavy atom. The summed E-state index contributed by atoms with van der Waals surface area (Å²) in [5.74, 6) is 0.707. The van der Waals surface area contributed by atoms with Crippen LogP contribution in [0.25, 0.3) is 6.08 Å². The molecule has 0 aliphatic carbocycles. The summed E-state index contributed by atoms with van der Waals surface area (Å²) in [7, 11) is 1.51. The summed E-state index contributed by atoms with van der Waals surface area (Å²) < 4.78 is 4.97. The molecule has 3 nitrogen and oxygen atoms in total. The third-order valence-electron chi connectivity index (χ3n) is 2.91. The van der Waals surface area contributed by atoms with E-state index in [9.17, 15) is 9.90 Å². The molecule has 0 heterocycles. The van der Waals surface area contributed by atoms with Crippen molar-refractivity contribution in [3.05, 3.63) is 42.0 Å². The van der Waals surface area contributed by atoms with Crippen molar-refractivity contribution in [2.24, 2.45) is 0 Å². The first-order valence-electron chi connectivity index (χ1n) is 6.92. The van der Waals surface area contributed by atoms with Crippen molar-refractivity contribution < 1.29 is 14.6 Å². The van der Waals surface area contributed by atoms with Crippen molar-refractivity contribution in [2.45, 2.75) is 32.6 Å². The van der Waals surface area contributed by atoms with Crippen LogP contribution in [-0.4, -0.2) is 18.0 Å². The van der Waals surface area contributed by atoms with Gasteiger partial charge < -0.3 is 9.84 Å². The first-order chi connectivity index (χ1) is 9.67. The molecule has 0 atom stereocenters. The molecule has 1 rings (SSSR count). The Labute approximate surface area is 120 Å². The lowest BCUT2D eigenvalue weighted by Crippen LogP contribution is -1.91. The highest BCUT2D eigenvalue weighted by Crippen LogP contribution is 2.26. The van der Waals surface area contributed by atoms with E-state index in [0.29, 0.717) is 12.2 Å². The van der Waals surface area contributed by atoms with E-state index in [1.165, 1.54) is 7.11 Å². The molecule has 0 saturated heterocycles. The van der Waals surface area contributed by atoms with Gasteiger partial charge in [0.05, 0.1) is 7.11 Å². The number of allylic oxidation sites excluding steroid dienone is 3. The average Bonchev–Trinajstić information content (AvgIpc) is 2.44. The number of phenolic OH excluding ortho intramolecular Hbond substituents is 1. The van der Waals surface area contributed by atoms with Crippen molar-refractivity contribution in [1.82, 2.24) is 0 Å². The van der Waals surface area contributed by atoms with Crippen LogP contribution >= 0.6 is 0 Å². The van der Waals surface area contributed by atoms with Crippen LogP contribution in [0.15, 0.2) is 36.4 Å². The zero-order valence-electron chi connectivity index (χ0n) is 12.1. The van der Waals surface area contributed by atoms with Crippen LogP contribution in [0.3, 0.4) is 0 Å². The van der Waals surface area contributed by atoms with E-state index in [2.05, 4.69) is 6.92 Å². The van der Waals surface area contributed by atoms with Gasteiger partial charge in [-0.25, -0.2) is 0 Å². The maximum absolute atomic E-state index is 11.5. The van der Waals surface area contributed by atoms with Crippen molar-refractivity contribution in [2.75, 3.05) is 7.11 Å². The lowest BCUT2D eigenvalue weighted by Gasteiger charge is -2.02. The zero-order chi connectivity index (χ0) is 14.8. The number of unbranched alkanes of at least 4 members (excludes halogenated alkanes) is 2. The van der Waals surface area contributed by atoms with Gasteiger partial charge in [-0.3, -0.25) is 4.79 Å². The van der Waals surface area contributed by atoms with Crippen LogP contribution in [0.2, 0.25) is 0 Å². The van der Waals surface area contributed by atoms with Crippen LogP contribution in [0.5, 0.6) is 11.5 Å². The van der Waals surface area contributed by atoms with Gasteiger partial charge in [0.1, 0.15) is 0 Å². The minimum absolute atomic E-state index is 0.106. The number of rotatable bonds is 8. The Bertz CT molecular complexity index is 487. The van der Waals surface area contributed by atoms with Gasteiger partial charge in [-0.2, -0.15) is 0 Å². The molecule has 1 N–H and O–H groups in total. The van der Waals surface area contributed by atoms with Gasteiger partial charge in [-0.05, 0) is 30.2 Å². The normalized spacial score (nSPS) is 11.3. The molecule has 0 aliphatic rings. The Hall–Kier alpha value is -2.03. The molecule has 3 heteroatoms. The fourth-order valence-electron chi connectivity index (χ4n) is 1.77. The number of aromatic hydroxyl groups is 1. The fourth-order valence-corrected chi connectivity index (χ4v) is 1.77. The molecular weight excluding hydrogens is 252 g/mol. The van der Waals surface area contributed by atoms with Crippen LogP contribution in [0, 0.1) is 0 Å². The number of carbonyl (C=O) groups excluding carboxylic acids is 1. The van der Waals surface area contributed by atoms with Gasteiger partial charge in [-0.15, -0.1) is 0 Å². The van der Waals surface area contributed by atoms with Crippen molar-refractivity contribution in [1.29, 1.82) is 0 Å². The number of hydrogen-bond acceptors (Lipinski definition) is 3. The van der Waals surface area contributed by atoms with Crippen molar-refractivity contribution >= 4 is 11.9 Å². The molecule has 0 unspecified atom stereocenters. The second kappa shape index (κ2) is 8.97. The smallest absolute Gasteiger partial charge is 0.160 e. The third-order valence-corrected chi connectivity index (χ3v) is 2.91. The highest BCUT2D eigenvalue weighted by atomic mass is 16.5. The number of hydrogen-bond donors (Lipinski definition) is 1. The van der Waals surface area contributed by atoms with Crippen LogP contribution in [0.1, 0.15) is 38.2 Å². The number of ether oxygens (including phenoxy) is 1. The predicted octanol–water partition coefficient (Wildman–Crippen LogP) is 4.12.